The van der Waals surface area contributed by atoms with Crippen molar-refractivity contribution in [2.45, 2.75) is 11.4 Å². The van der Waals surface area contributed by atoms with E-state index in [1.54, 1.807) is 43.5 Å². The van der Waals surface area contributed by atoms with E-state index in [4.69, 9.17) is 10.00 Å². The van der Waals surface area contributed by atoms with Gasteiger partial charge in [0.05, 0.1) is 17.6 Å². The van der Waals surface area contributed by atoms with E-state index < -0.39 is 10.0 Å². The van der Waals surface area contributed by atoms with Crippen LogP contribution in [-0.4, -0.2) is 52.5 Å². The average molecular weight is 491 g/mol. The molecule has 0 aliphatic carbocycles. The predicted octanol–water partition coefficient (Wildman–Crippen LogP) is 3.01. The highest BCUT2D eigenvalue weighted by atomic mass is 32.2. The maximum absolute atomic E-state index is 13.0. The Morgan fingerprint density at radius 2 is 1.71 bits per heavy atom. The third-order valence-electron chi connectivity index (χ3n) is 5.95. The van der Waals surface area contributed by atoms with Crippen molar-refractivity contribution in [3.05, 3.63) is 89.5 Å². The lowest BCUT2D eigenvalue weighted by atomic mass is 10.1. The molecule has 1 fully saturated rings. The standard InChI is InChI=1S/C26H26N4O4S/c1-34-24-7-4-6-23(17-24)29-13-15-30(16-14-29)26(31)21-11-9-20(10-12-21)19-28-35(32,33)25-8-3-2-5-22(25)18-27/h2-12,17,28H,13-16,19H2,1H3. The number of nitrogens with one attached hydrogen (secondary N) is 1. The van der Waals surface area contributed by atoms with E-state index in [-0.39, 0.29) is 22.9 Å². The summed E-state index contributed by atoms with van der Waals surface area (Å²) in [5.74, 6) is 0.753. The zero-order chi connectivity index (χ0) is 24.8. The van der Waals surface area contributed by atoms with Crippen LogP contribution in [0.2, 0.25) is 0 Å². The Kier molecular flexibility index (Phi) is 7.34. The van der Waals surface area contributed by atoms with Gasteiger partial charge in [-0.05, 0) is 42.0 Å². The molecule has 0 atom stereocenters. The van der Waals surface area contributed by atoms with Gasteiger partial charge in [-0.2, -0.15) is 5.26 Å². The van der Waals surface area contributed by atoms with Crippen molar-refractivity contribution in [3.63, 3.8) is 0 Å². The van der Waals surface area contributed by atoms with Gasteiger partial charge in [-0.1, -0.05) is 30.3 Å². The van der Waals surface area contributed by atoms with Crippen molar-refractivity contribution < 1.29 is 17.9 Å². The first-order valence-electron chi connectivity index (χ1n) is 11.2. The first kappa shape index (κ1) is 24.3. The Morgan fingerprint density at radius 1 is 1.00 bits per heavy atom. The summed E-state index contributed by atoms with van der Waals surface area (Å²) >= 11 is 0. The quantitative estimate of drug-likeness (QED) is 0.546. The molecule has 1 heterocycles. The number of methoxy groups -OCH3 is 1. The van der Waals surface area contributed by atoms with E-state index >= 15 is 0 Å². The van der Waals surface area contributed by atoms with E-state index in [9.17, 15) is 13.2 Å². The zero-order valence-corrected chi connectivity index (χ0v) is 20.2. The summed E-state index contributed by atoms with van der Waals surface area (Å²) in [5.41, 5.74) is 2.43. The van der Waals surface area contributed by atoms with E-state index in [2.05, 4.69) is 9.62 Å². The largest absolute Gasteiger partial charge is 0.497 e. The first-order valence-corrected chi connectivity index (χ1v) is 12.7. The van der Waals surface area contributed by atoms with E-state index in [1.807, 2.05) is 35.2 Å². The number of amides is 1. The Balaban J connectivity index is 1.34. The molecule has 0 bridgehead atoms. The van der Waals surface area contributed by atoms with Gasteiger partial charge >= 0.3 is 0 Å². The molecule has 9 heteroatoms. The molecule has 4 rings (SSSR count). The lowest BCUT2D eigenvalue weighted by Crippen LogP contribution is -2.48. The molecule has 3 aromatic carbocycles. The second kappa shape index (κ2) is 10.6. The minimum Gasteiger partial charge on any atom is -0.497 e. The summed E-state index contributed by atoms with van der Waals surface area (Å²) < 4.78 is 33.0. The number of sulfonamides is 1. The number of anilines is 1. The predicted molar refractivity (Wildman–Crippen MR) is 133 cm³/mol. The van der Waals surface area contributed by atoms with Crippen LogP contribution in [0.25, 0.3) is 0 Å². The molecule has 1 amide bonds. The third kappa shape index (κ3) is 5.62. The highest BCUT2D eigenvalue weighted by Crippen LogP contribution is 2.22. The van der Waals surface area contributed by atoms with Gasteiger partial charge in [0.1, 0.15) is 11.8 Å². The maximum Gasteiger partial charge on any atom is 0.253 e. The fourth-order valence-electron chi connectivity index (χ4n) is 3.97. The lowest BCUT2D eigenvalue weighted by molar-refractivity contribution is 0.0746. The number of piperazine rings is 1. The van der Waals surface area contributed by atoms with Gasteiger partial charge in [0.25, 0.3) is 5.91 Å². The molecule has 180 valence electrons. The van der Waals surface area contributed by atoms with Crippen LogP contribution < -0.4 is 14.4 Å². The summed E-state index contributed by atoms with van der Waals surface area (Å²) in [4.78, 5) is 17.0. The number of hydrogen-bond acceptors (Lipinski definition) is 6. The maximum atomic E-state index is 13.0. The highest BCUT2D eigenvalue weighted by molar-refractivity contribution is 7.89. The van der Waals surface area contributed by atoms with Crippen molar-refractivity contribution in [2.75, 3.05) is 38.2 Å². The summed E-state index contributed by atoms with van der Waals surface area (Å²) in [5, 5.41) is 9.17. The molecule has 8 nitrogen and oxygen atoms in total. The van der Waals surface area contributed by atoms with E-state index in [1.165, 1.54) is 12.1 Å². The Bertz CT molecular complexity index is 1340. The number of nitriles is 1. The molecule has 0 aromatic heterocycles. The number of carbonyl (C=O) groups is 1. The summed E-state index contributed by atoms with van der Waals surface area (Å²) in [7, 11) is -2.20. The molecular weight excluding hydrogens is 464 g/mol. The highest BCUT2D eigenvalue weighted by Gasteiger charge is 2.23. The van der Waals surface area contributed by atoms with Gasteiger partial charge in [-0.3, -0.25) is 4.79 Å². The third-order valence-corrected chi connectivity index (χ3v) is 7.41. The second-order valence-electron chi connectivity index (χ2n) is 8.11. The van der Waals surface area contributed by atoms with Gasteiger partial charge < -0.3 is 14.5 Å². The number of carbonyl (C=O) groups excluding carboxylic acids is 1. The van der Waals surface area contributed by atoms with Crippen LogP contribution in [0.15, 0.2) is 77.7 Å². The molecular formula is C26H26N4O4S. The van der Waals surface area contributed by atoms with Crippen LogP contribution in [0.5, 0.6) is 5.75 Å². The SMILES string of the molecule is COc1cccc(N2CCN(C(=O)c3ccc(CNS(=O)(=O)c4ccccc4C#N)cc3)CC2)c1. The topological polar surface area (TPSA) is 103 Å². The van der Waals surface area contributed by atoms with Gasteiger partial charge in [-0.25, -0.2) is 13.1 Å². The zero-order valence-electron chi connectivity index (χ0n) is 19.3. The molecule has 1 aliphatic heterocycles. The van der Waals surface area contributed by atoms with Crippen LogP contribution >= 0.6 is 0 Å². The molecule has 0 spiro atoms. The van der Waals surface area contributed by atoms with Crippen molar-refractivity contribution in [1.82, 2.24) is 9.62 Å². The molecule has 0 saturated carbocycles. The van der Waals surface area contributed by atoms with Crippen molar-refractivity contribution in [1.29, 1.82) is 5.26 Å². The molecule has 1 saturated heterocycles. The lowest BCUT2D eigenvalue weighted by Gasteiger charge is -2.36. The fourth-order valence-corrected chi connectivity index (χ4v) is 5.15. The van der Waals surface area contributed by atoms with Crippen LogP contribution in [0.1, 0.15) is 21.5 Å². The van der Waals surface area contributed by atoms with E-state index in [0.717, 1.165) is 24.5 Å². The molecule has 35 heavy (non-hydrogen) atoms. The fraction of sp³-hybridized carbons (Fsp3) is 0.231. The normalized spacial score (nSPS) is 13.8. The first-order chi connectivity index (χ1) is 16.9. The second-order valence-corrected chi connectivity index (χ2v) is 9.85. The van der Waals surface area contributed by atoms with E-state index in [0.29, 0.717) is 24.2 Å². The smallest absolute Gasteiger partial charge is 0.253 e. The van der Waals surface area contributed by atoms with Crippen molar-refractivity contribution >= 4 is 21.6 Å². The van der Waals surface area contributed by atoms with Crippen LogP contribution in [0.3, 0.4) is 0 Å². The van der Waals surface area contributed by atoms with Gasteiger partial charge in [0.15, 0.2) is 0 Å². The van der Waals surface area contributed by atoms with Gasteiger partial charge in [-0.15, -0.1) is 0 Å². The van der Waals surface area contributed by atoms with Crippen LogP contribution in [0, 0.1) is 11.3 Å². The molecule has 0 radical (unpaired) electrons. The summed E-state index contributed by atoms with van der Waals surface area (Å²) in [6.45, 7) is 2.72. The minimum absolute atomic E-state index is 0.0506. The number of benzene rings is 3. The summed E-state index contributed by atoms with van der Waals surface area (Å²) in [6, 6.07) is 22.7. The number of nitrogens with zero attached hydrogens (tertiary/aromatic N) is 3. The number of ether oxygens (including phenoxy) is 1. The Labute approximate surface area is 205 Å². The van der Waals surface area contributed by atoms with Gasteiger partial charge in [0, 0.05) is 50.0 Å². The molecule has 1 aliphatic rings. The van der Waals surface area contributed by atoms with Gasteiger partial charge in [0.2, 0.25) is 10.0 Å². The molecule has 1 N–H and O–H groups in total. The van der Waals surface area contributed by atoms with Crippen molar-refractivity contribution in [3.8, 4) is 11.8 Å². The summed E-state index contributed by atoms with van der Waals surface area (Å²) in [6.07, 6.45) is 0. The molecule has 3 aromatic rings. The number of hydrogen-bond donors (Lipinski definition) is 1. The minimum atomic E-state index is -3.84. The average Bonchev–Trinajstić information content (AvgIpc) is 2.92. The monoisotopic (exact) mass is 490 g/mol. The van der Waals surface area contributed by atoms with Crippen molar-refractivity contribution in [2.24, 2.45) is 0 Å². The Hall–Kier alpha value is -3.87. The number of rotatable bonds is 7. The Morgan fingerprint density at radius 3 is 2.40 bits per heavy atom. The van der Waals surface area contributed by atoms with Crippen LogP contribution in [0.4, 0.5) is 5.69 Å². The molecule has 0 unspecified atom stereocenters. The van der Waals surface area contributed by atoms with Crippen LogP contribution in [-0.2, 0) is 16.6 Å².